The quantitative estimate of drug-likeness (QED) is 0.766. The highest BCUT2D eigenvalue weighted by Crippen LogP contribution is 2.26. The Morgan fingerprint density at radius 2 is 2.00 bits per heavy atom. The van der Waals surface area contributed by atoms with E-state index >= 15 is 0 Å². The highest BCUT2D eigenvalue weighted by atomic mass is 16.2. The number of rotatable bonds is 7. The molecule has 2 amide bonds. The van der Waals surface area contributed by atoms with Gasteiger partial charge in [-0.1, -0.05) is 32.0 Å². The van der Waals surface area contributed by atoms with Crippen molar-refractivity contribution in [1.82, 2.24) is 10.3 Å². The molecule has 0 bridgehead atoms. The van der Waals surface area contributed by atoms with Gasteiger partial charge in [-0.05, 0) is 48.6 Å². The monoisotopic (exact) mass is 365 g/mol. The molecule has 5 nitrogen and oxygen atoms in total. The topological polar surface area (TPSA) is 62.3 Å². The van der Waals surface area contributed by atoms with Crippen molar-refractivity contribution >= 4 is 17.5 Å². The van der Waals surface area contributed by atoms with Crippen LogP contribution in [-0.2, 0) is 16.0 Å². The highest BCUT2D eigenvalue weighted by molar-refractivity contribution is 6.00. The molecule has 1 N–H and O–H groups in total. The van der Waals surface area contributed by atoms with Crippen molar-refractivity contribution < 1.29 is 9.59 Å². The molecule has 0 spiro atoms. The number of benzene rings is 1. The lowest BCUT2D eigenvalue weighted by atomic mass is 10.0. The molecule has 5 heteroatoms. The Kier molecular flexibility index (Phi) is 6.22. The van der Waals surface area contributed by atoms with Gasteiger partial charge in [-0.2, -0.15) is 0 Å². The molecule has 3 rings (SSSR count). The summed E-state index contributed by atoms with van der Waals surface area (Å²) < 4.78 is 0. The minimum atomic E-state index is -0.280. The largest absolute Gasteiger partial charge is 0.356 e. The molecule has 0 unspecified atom stereocenters. The second-order valence-electron chi connectivity index (χ2n) is 7.37. The molecule has 0 saturated carbocycles. The Bertz CT molecular complexity index is 772. The van der Waals surface area contributed by atoms with Crippen LogP contribution in [-0.4, -0.2) is 29.9 Å². The van der Waals surface area contributed by atoms with E-state index in [0.29, 0.717) is 19.0 Å². The third-order valence-corrected chi connectivity index (χ3v) is 5.00. The zero-order valence-corrected chi connectivity index (χ0v) is 16.0. The molecule has 2 aromatic rings. The van der Waals surface area contributed by atoms with E-state index in [9.17, 15) is 9.59 Å². The standard InChI is InChI=1S/C22H27N3O2/c1-16(2)17-8-10-20(11-9-17)25-15-18(14-21(25)26)22(27)24-13-5-7-19-6-3-4-12-23-19/h3-4,6,8-12,16,18H,5,7,13-15H2,1-2H3,(H,24,27)/t18-/m1/s1. The Hall–Kier alpha value is -2.69. The molecule has 1 aliphatic rings. The summed E-state index contributed by atoms with van der Waals surface area (Å²) in [5.41, 5.74) is 3.14. The highest BCUT2D eigenvalue weighted by Gasteiger charge is 2.34. The third-order valence-electron chi connectivity index (χ3n) is 5.00. The summed E-state index contributed by atoms with van der Waals surface area (Å²) in [6.07, 6.45) is 3.72. The number of aryl methyl sites for hydroxylation is 1. The van der Waals surface area contributed by atoms with Crippen molar-refractivity contribution in [2.24, 2.45) is 5.92 Å². The van der Waals surface area contributed by atoms with E-state index in [2.05, 4.69) is 36.3 Å². The van der Waals surface area contributed by atoms with E-state index < -0.39 is 0 Å². The third kappa shape index (κ3) is 4.94. The van der Waals surface area contributed by atoms with Crippen LogP contribution in [0.5, 0.6) is 0 Å². The summed E-state index contributed by atoms with van der Waals surface area (Å²) in [6, 6.07) is 13.9. The van der Waals surface area contributed by atoms with Gasteiger partial charge < -0.3 is 10.2 Å². The van der Waals surface area contributed by atoms with Gasteiger partial charge in [0.15, 0.2) is 0 Å². The number of amides is 2. The molecular weight excluding hydrogens is 338 g/mol. The number of nitrogens with zero attached hydrogens (tertiary/aromatic N) is 2. The first-order valence-electron chi connectivity index (χ1n) is 9.62. The summed E-state index contributed by atoms with van der Waals surface area (Å²) in [5, 5.41) is 2.97. The van der Waals surface area contributed by atoms with E-state index in [1.165, 1.54) is 5.56 Å². The number of hydrogen-bond acceptors (Lipinski definition) is 3. The Labute approximate surface area is 160 Å². The first-order chi connectivity index (χ1) is 13.0. The van der Waals surface area contributed by atoms with Crippen molar-refractivity contribution in [2.45, 2.75) is 39.0 Å². The van der Waals surface area contributed by atoms with Crippen molar-refractivity contribution in [3.8, 4) is 0 Å². The lowest BCUT2D eigenvalue weighted by Crippen LogP contribution is -2.33. The number of anilines is 1. The minimum absolute atomic E-state index is 0.0148. The van der Waals surface area contributed by atoms with Gasteiger partial charge in [0.25, 0.3) is 0 Å². The average molecular weight is 365 g/mol. The van der Waals surface area contributed by atoms with Crippen molar-refractivity contribution in [2.75, 3.05) is 18.0 Å². The molecule has 1 aromatic heterocycles. The first kappa shape index (κ1) is 19.1. The number of pyridine rings is 1. The van der Waals surface area contributed by atoms with Crippen LogP contribution in [0.2, 0.25) is 0 Å². The van der Waals surface area contributed by atoms with Crippen LogP contribution in [0.1, 0.15) is 43.9 Å². The van der Waals surface area contributed by atoms with Crippen LogP contribution in [0, 0.1) is 5.92 Å². The molecule has 1 aromatic carbocycles. The smallest absolute Gasteiger partial charge is 0.227 e. The molecule has 0 radical (unpaired) electrons. The SMILES string of the molecule is CC(C)c1ccc(N2C[C@H](C(=O)NCCCc3ccccn3)CC2=O)cc1. The van der Waals surface area contributed by atoms with Gasteiger partial charge in [-0.3, -0.25) is 14.6 Å². The van der Waals surface area contributed by atoms with Gasteiger partial charge in [0.1, 0.15) is 0 Å². The van der Waals surface area contributed by atoms with E-state index in [1.54, 1.807) is 11.1 Å². The lowest BCUT2D eigenvalue weighted by Gasteiger charge is -2.17. The maximum absolute atomic E-state index is 12.4. The van der Waals surface area contributed by atoms with Crippen molar-refractivity contribution in [3.05, 3.63) is 59.9 Å². The minimum Gasteiger partial charge on any atom is -0.356 e. The molecule has 27 heavy (non-hydrogen) atoms. The van der Waals surface area contributed by atoms with Gasteiger partial charge >= 0.3 is 0 Å². The Balaban J connectivity index is 1.48. The molecule has 0 aliphatic carbocycles. The van der Waals surface area contributed by atoms with E-state index in [4.69, 9.17) is 0 Å². The van der Waals surface area contributed by atoms with Crippen LogP contribution in [0.4, 0.5) is 5.69 Å². The molecular formula is C22H27N3O2. The molecule has 2 heterocycles. The number of nitrogens with one attached hydrogen (secondary N) is 1. The maximum atomic E-state index is 12.4. The fourth-order valence-electron chi connectivity index (χ4n) is 3.34. The van der Waals surface area contributed by atoms with E-state index in [1.807, 2.05) is 30.3 Å². The molecule has 1 saturated heterocycles. The number of carbonyl (C=O) groups is 2. The first-order valence-corrected chi connectivity index (χ1v) is 9.62. The number of carbonyl (C=O) groups excluding carboxylic acids is 2. The summed E-state index contributed by atoms with van der Waals surface area (Å²) in [6.45, 7) is 5.34. The van der Waals surface area contributed by atoms with Gasteiger partial charge in [-0.25, -0.2) is 0 Å². The zero-order valence-electron chi connectivity index (χ0n) is 16.0. The van der Waals surface area contributed by atoms with Crippen LogP contribution in [0.15, 0.2) is 48.7 Å². The summed E-state index contributed by atoms with van der Waals surface area (Å²) in [5.74, 6) is 0.154. The zero-order chi connectivity index (χ0) is 19.2. The second-order valence-corrected chi connectivity index (χ2v) is 7.37. The van der Waals surface area contributed by atoms with Gasteiger partial charge in [0, 0.05) is 37.1 Å². The average Bonchev–Trinajstić information content (AvgIpc) is 3.08. The van der Waals surface area contributed by atoms with Gasteiger partial charge in [0.05, 0.1) is 5.92 Å². The van der Waals surface area contributed by atoms with Gasteiger partial charge in [0.2, 0.25) is 11.8 Å². The maximum Gasteiger partial charge on any atom is 0.227 e. The van der Waals surface area contributed by atoms with Crippen LogP contribution < -0.4 is 10.2 Å². The number of hydrogen-bond donors (Lipinski definition) is 1. The Morgan fingerprint density at radius 1 is 1.22 bits per heavy atom. The van der Waals surface area contributed by atoms with E-state index in [-0.39, 0.29) is 24.2 Å². The van der Waals surface area contributed by atoms with Crippen LogP contribution >= 0.6 is 0 Å². The predicted octanol–water partition coefficient (Wildman–Crippen LogP) is 3.31. The second kappa shape index (κ2) is 8.80. The fraction of sp³-hybridized carbons (Fsp3) is 0.409. The summed E-state index contributed by atoms with van der Waals surface area (Å²) >= 11 is 0. The summed E-state index contributed by atoms with van der Waals surface area (Å²) in [4.78, 5) is 30.8. The number of aromatic nitrogens is 1. The summed E-state index contributed by atoms with van der Waals surface area (Å²) in [7, 11) is 0. The lowest BCUT2D eigenvalue weighted by molar-refractivity contribution is -0.126. The fourth-order valence-corrected chi connectivity index (χ4v) is 3.34. The molecule has 142 valence electrons. The van der Waals surface area contributed by atoms with Crippen molar-refractivity contribution in [1.29, 1.82) is 0 Å². The van der Waals surface area contributed by atoms with Crippen LogP contribution in [0.25, 0.3) is 0 Å². The van der Waals surface area contributed by atoms with Crippen molar-refractivity contribution in [3.63, 3.8) is 0 Å². The molecule has 1 aliphatic heterocycles. The normalized spacial score (nSPS) is 16.8. The molecule has 1 atom stereocenters. The van der Waals surface area contributed by atoms with Gasteiger partial charge in [-0.15, -0.1) is 0 Å². The molecule has 1 fully saturated rings. The van der Waals surface area contributed by atoms with E-state index in [0.717, 1.165) is 24.2 Å². The Morgan fingerprint density at radius 3 is 2.67 bits per heavy atom. The van der Waals surface area contributed by atoms with Crippen LogP contribution in [0.3, 0.4) is 0 Å². The predicted molar refractivity (Wildman–Crippen MR) is 107 cm³/mol.